The second-order valence-electron chi connectivity index (χ2n) is 7.26. The van der Waals surface area contributed by atoms with E-state index in [1.165, 1.54) is 5.56 Å². The molecule has 3 N–H and O–H groups in total. The van der Waals surface area contributed by atoms with Crippen molar-refractivity contribution < 1.29 is 14.6 Å². The van der Waals surface area contributed by atoms with Crippen molar-refractivity contribution in [2.75, 3.05) is 20.7 Å². The minimum Gasteiger partial charge on any atom is -0.493 e. The molecule has 0 radical (unpaired) electrons. The summed E-state index contributed by atoms with van der Waals surface area (Å²) in [5, 5.41) is 15.8. The number of hydrogen-bond acceptors (Lipinski definition) is 6. The van der Waals surface area contributed by atoms with Crippen LogP contribution in [0, 0.1) is 0 Å². The molecule has 6 heteroatoms. The molecule has 1 saturated heterocycles. The zero-order chi connectivity index (χ0) is 16.7. The minimum atomic E-state index is -0.997. The van der Waals surface area contributed by atoms with E-state index < -0.39 is 11.0 Å². The summed E-state index contributed by atoms with van der Waals surface area (Å²) in [5.41, 5.74) is 1.44. The molecular weight excluding hydrogens is 306 g/mol. The van der Waals surface area contributed by atoms with Gasteiger partial charge in [0.1, 0.15) is 11.3 Å². The molecule has 2 heterocycles. The van der Waals surface area contributed by atoms with Gasteiger partial charge >= 0.3 is 0 Å². The van der Waals surface area contributed by atoms with Gasteiger partial charge in [0.25, 0.3) is 0 Å². The predicted octanol–water partition coefficient (Wildman–Crippen LogP) is 0.570. The van der Waals surface area contributed by atoms with Gasteiger partial charge in [-0.3, -0.25) is 4.90 Å². The molecule has 4 atom stereocenters. The van der Waals surface area contributed by atoms with Crippen LogP contribution in [-0.2, 0) is 11.8 Å². The van der Waals surface area contributed by atoms with E-state index >= 15 is 0 Å². The maximum Gasteiger partial charge on any atom is 0.166 e. The summed E-state index contributed by atoms with van der Waals surface area (Å²) in [5.74, 6) is 7.08. The van der Waals surface area contributed by atoms with Gasteiger partial charge in [-0.2, -0.15) is 5.10 Å². The number of hydrogen-bond donors (Lipinski definition) is 2. The third-order valence-corrected chi connectivity index (χ3v) is 6.51. The standard InChI is InChI=1S/C18H21N3O3/c1-21-8-7-17-14-10-3-4-12(23-2)15(14)24-16(17)11(20-19)5-6-18(17,22)13(21)9-10/h3-6,13,16,22H,7-9,19H2,1-2H3/t13-,16+,17+,18-/m1/s1. The van der Waals surface area contributed by atoms with E-state index in [1.807, 2.05) is 18.2 Å². The first-order valence-electron chi connectivity index (χ1n) is 8.33. The Balaban J connectivity index is 1.88. The van der Waals surface area contributed by atoms with Crippen LogP contribution in [0.4, 0.5) is 0 Å². The monoisotopic (exact) mass is 327 g/mol. The number of nitrogens with zero attached hydrogens (tertiary/aromatic N) is 2. The lowest BCUT2D eigenvalue weighted by atomic mass is 9.51. The van der Waals surface area contributed by atoms with Crippen molar-refractivity contribution in [2.24, 2.45) is 10.9 Å². The van der Waals surface area contributed by atoms with Gasteiger partial charge in [0.15, 0.2) is 17.6 Å². The number of rotatable bonds is 1. The molecule has 1 aromatic rings. The van der Waals surface area contributed by atoms with Gasteiger partial charge in [0.2, 0.25) is 0 Å². The Kier molecular flexibility index (Phi) is 2.57. The molecule has 1 fully saturated rings. The fraction of sp³-hybridized carbons (Fsp3) is 0.500. The lowest BCUT2D eigenvalue weighted by molar-refractivity contribution is -0.120. The summed E-state index contributed by atoms with van der Waals surface area (Å²) >= 11 is 0. The third-order valence-electron chi connectivity index (χ3n) is 6.51. The minimum absolute atomic E-state index is 0.0137. The van der Waals surface area contributed by atoms with Crippen molar-refractivity contribution in [3.05, 3.63) is 35.4 Å². The van der Waals surface area contributed by atoms with Gasteiger partial charge in [-0.25, -0.2) is 0 Å². The van der Waals surface area contributed by atoms with Crippen molar-refractivity contribution in [2.45, 2.75) is 36.0 Å². The number of ether oxygens (including phenoxy) is 2. The van der Waals surface area contributed by atoms with Gasteiger partial charge in [-0.1, -0.05) is 6.07 Å². The molecule has 2 bridgehead atoms. The Morgan fingerprint density at radius 2 is 2.29 bits per heavy atom. The maximum absolute atomic E-state index is 11.8. The first-order valence-corrected chi connectivity index (χ1v) is 8.33. The van der Waals surface area contributed by atoms with Crippen LogP contribution in [0.15, 0.2) is 29.4 Å². The highest BCUT2D eigenvalue weighted by Gasteiger charge is 2.71. The summed E-state index contributed by atoms with van der Waals surface area (Å²) in [4.78, 5) is 2.25. The molecule has 6 nitrogen and oxygen atoms in total. The molecule has 1 aromatic carbocycles. The van der Waals surface area contributed by atoms with Gasteiger partial charge < -0.3 is 20.4 Å². The van der Waals surface area contributed by atoms with Gasteiger partial charge in [0.05, 0.1) is 12.5 Å². The summed E-state index contributed by atoms with van der Waals surface area (Å²) in [6, 6.07) is 4.07. The SMILES string of the molecule is COc1ccc2c3c1O[C@H]1C(=NN)C=C[C@@]4(O)[C@@H](C2)N(C)CC[C@]314. The zero-order valence-electron chi connectivity index (χ0n) is 13.8. The summed E-state index contributed by atoms with van der Waals surface area (Å²) < 4.78 is 11.9. The molecular formula is C18H21N3O3. The van der Waals surface area contributed by atoms with Crippen molar-refractivity contribution in [3.63, 3.8) is 0 Å². The summed E-state index contributed by atoms with van der Waals surface area (Å²) in [6.45, 7) is 0.897. The van der Waals surface area contributed by atoms with Crippen LogP contribution in [0.1, 0.15) is 17.5 Å². The highest BCUT2D eigenvalue weighted by molar-refractivity contribution is 6.03. The molecule has 0 aromatic heterocycles. The normalized spacial score (nSPS) is 40.4. The molecule has 2 aliphatic heterocycles. The maximum atomic E-state index is 11.8. The quantitative estimate of drug-likeness (QED) is 0.582. The molecule has 126 valence electrons. The van der Waals surface area contributed by atoms with Gasteiger partial charge in [0, 0.05) is 11.6 Å². The van der Waals surface area contributed by atoms with E-state index in [9.17, 15) is 5.11 Å². The van der Waals surface area contributed by atoms with E-state index in [1.54, 1.807) is 7.11 Å². The molecule has 4 aliphatic rings. The number of nitrogens with two attached hydrogens (primary N) is 1. The summed E-state index contributed by atoms with van der Waals surface area (Å²) in [7, 11) is 3.72. The number of likely N-dealkylation sites (tertiary alicyclic amines) is 1. The summed E-state index contributed by atoms with van der Waals surface area (Å²) in [6.07, 6.45) is 4.90. The topological polar surface area (TPSA) is 80.3 Å². The lowest BCUT2D eigenvalue weighted by Gasteiger charge is -2.60. The highest BCUT2D eigenvalue weighted by atomic mass is 16.5. The van der Waals surface area contributed by atoms with E-state index in [0.29, 0.717) is 11.5 Å². The van der Waals surface area contributed by atoms with Crippen LogP contribution >= 0.6 is 0 Å². The van der Waals surface area contributed by atoms with E-state index in [2.05, 4.69) is 23.1 Å². The Morgan fingerprint density at radius 1 is 1.46 bits per heavy atom. The van der Waals surface area contributed by atoms with Crippen molar-refractivity contribution in [1.82, 2.24) is 4.90 Å². The van der Waals surface area contributed by atoms with Crippen LogP contribution < -0.4 is 15.3 Å². The lowest BCUT2D eigenvalue weighted by Crippen LogP contribution is -2.74. The van der Waals surface area contributed by atoms with Gasteiger partial charge in [-0.15, -0.1) is 0 Å². The molecule has 0 unspecified atom stereocenters. The molecule has 1 spiro atoms. The first-order chi connectivity index (χ1) is 11.6. The average molecular weight is 327 g/mol. The van der Waals surface area contributed by atoms with Gasteiger partial charge in [-0.05, 0) is 50.2 Å². The molecule has 0 amide bonds. The molecule has 24 heavy (non-hydrogen) atoms. The second kappa shape index (κ2) is 4.32. The van der Waals surface area contributed by atoms with Crippen LogP contribution in [0.25, 0.3) is 0 Å². The Hall–Kier alpha value is -2.05. The Morgan fingerprint density at radius 3 is 3.04 bits per heavy atom. The van der Waals surface area contributed by atoms with Crippen molar-refractivity contribution in [1.29, 1.82) is 0 Å². The van der Waals surface area contributed by atoms with Crippen LogP contribution in [0.2, 0.25) is 0 Å². The fourth-order valence-corrected chi connectivity index (χ4v) is 5.40. The zero-order valence-corrected chi connectivity index (χ0v) is 13.8. The molecule has 2 aliphatic carbocycles. The number of piperidine rings is 1. The van der Waals surface area contributed by atoms with E-state index in [-0.39, 0.29) is 12.1 Å². The third kappa shape index (κ3) is 1.31. The number of likely N-dealkylation sites (N-methyl/N-ethyl adjacent to an activating group) is 1. The number of methoxy groups -OCH3 is 1. The fourth-order valence-electron chi connectivity index (χ4n) is 5.40. The van der Waals surface area contributed by atoms with Crippen molar-refractivity contribution in [3.8, 4) is 11.5 Å². The first kappa shape index (κ1) is 14.3. The second-order valence-corrected chi connectivity index (χ2v) is 7.26. The van der Waals surface area contributed by atoms with Crippen molar-refractivity contribution >= 4 is 5.71 Å². The largest absolute Gasteiger partial charge is 0.493 e. The van der Waals surface area contributed by atoms with E-state index in [0.717, 1.165) is 30.7 Å². The van der Waals surface area contributed by atoms with Crippen LogP contribution in [-0.4, -0.2) is 54.2 Å². The smallest absolute Gasteiger partial charge is 0.166 e. The molecule has 0 saturated carbocycles. The number of aliphatic hydroxyl groups is 1. The highest BCUT2D eigenvalue weighted by Crippen LogP contribution is 2.63. The predicted molar refractivity (Wildman–Crippen MR) is 89.5 cm³/mol. The number of benzene rings is 1. The van der Waals surface area contributed by atoms with Crippen LogP contribution in [0.3, 0.4) is 0 Å². The average Bonchev–Trinajstić information content (AvgIpc) is 2.93. The Bertz CT molecular complexity index is 805. The Labute approximate surface area is 140 Å². The van der Waals surface area contributed by atoms with E-state index in [4.69, 9.17) is 15.3 Å². The van der Waals surface area contributed by atoms with Crippen LogP contribution in [0.5, 0.6) is 11.5 Å². The molecule has 5 rings (SSSR count). The number of hydrazone groups is 1.